The molecule has 8 nitrogen and oxygen atoms in total. The molecule has 1 atom stereocenters. The molecule has 0 bridgehead atoms. The van der Waals surface area contributed by atoms with Gasteiger partial charge in [0, 0.05) is 10.6 Å². The average molecular weight is 577 g/mol. The number of benzene rings is 3. The van der Waals surface area contributed by atoms with Crippen LogP contribution in [0.25, 0.3) is 16.0 Å². The molecule has 1 saturated heterocycles. The number of ketones is 1. The number of Topliss-reactive ketones (excluding diaryl/α,β-unsaturated/α-hetero) is 1. The van der Waals surface area contributed by atoms with Crippen LogP contribution in [0.1, 0.15) is 24.1 Å². The molecular formula is C30H25ClN2O6S. The van der Waals surface area contributed by atoms with Crippen molar-refractivity contribution in [2.24, 2.45) is 0 Å². The molecule has 1 unspecified atom stereocenters. The van der Waals surface area contributed by atoms with Crippen LogP contribution in [0.4, 0.5) is 5.13 Å². The number of carbonyl (C=O) groups excluding carboxylic acids is 2. The lowest BCUT2D eigenvalue weighted by molar-refractivity contribution is -0.132. The fourth-order valence-electron chi connectivity index (χ4n) is 4.47. The van der Waals surface area contributed by atoms with E-state index in [1.165, 1.54) is 23.3 Å². The molecule has 3 aromatic carbocycles. The lowest BCUT2D eigenvalue weighted by atomic mass is 9.95. The molecule has 1 N–H and O–H groups in total. The maximum atomic E-state index is 13.6. The number of fused-ring (bicyclic) bond motifs is 1. The van der Waals surface area contributed by atoms with Gasteiger partial charge in [0.2, 0.25) is 0 Å². The van der Waals surface area contributed by atoms with Crippen molar-refractivity contribution in [1.82, 2.24) is 4.98 Å². The minimum atomic E-state index is -0.995. The summed E-state index contributed by atoms with van der Waals surface area (Å²) in [6.45, 7) is 6.15. The van der Waals surface area contributed by atoms with Gasteiger partial charge >= 0.3 is 5.91 Å². The van der Waals surface area contributed by atoms with Gasteiger partial charge in [-0.05, 0) is 67.1 Å². The lowest BCUT2D eigenvalue weighted by Gasteiger charge is -2.24. The zero-order valence-electron chi connectivity index (χ0n) is 21.7. The van der Waals surface area contributed by atoms with E-state index in [1.807, 2.05) is 6.92 Å². The quantitative estimate of drug-likeness (QED) is 0.104. The van der Waals surface area contributed by atoms with Crippen LogP contribution in [0.2, 0.25) is 5.02 Å². The Kier molecular flexibility index (Phi) is 7.77. The Morgan fingerprint density at radius 1 is 1.10 bits per heavy atom. The number of anilines is 1. The molecule has 2 heterocycles. The summed E-state index contributed by atoms with van der Waals surface area (Å²) in [7, 11) is 1.53. The third-order valence-electron chi connectivity index (χ3n) is 6.29. The van der Waals surface area contributed by atoms with Gasteiger partial charge in [0.25, 0.3) is 5.78 Å². The summed E-state index contributed by atoms with van der Waals surface area (Å²) in [6, 6.07) is 15.9. The van der Waals surface area contributed by atoms with E-state index in [0.717, 1.165) is 4.70 Å². The van der Waals surface area contributed by atoms with Crippen molar-refractivity contribution in [3.05, 3.63) is 95.0 Å². The average Bonchev–Trinajstić information content (AvgIpc) is 3.49. The highest BCUT2D eigenvalue weighted by Crippen LogP contribution is 2.46. The monoisotopic (exact) mass is 576 g/mol. The molecule has 1 amide bonds. The minimum Gasteiger partial charge on any atom is -0.507 e. The fraction of sp³-hybridized carbons (Fsp3) is 0.167. The lowest BCUT2D eigenvalue weighted by Crippen LogP contribution is -2.29. The number of hydrogen-bond donors (Lipinski definition) is 1. The largest absolute Gasteiger partial charge is 0.507 e. The van der Waals surface area contributed by atoms with E-state index in [9.17, 15) is 14.7 Å². The van der Waals surface area contributed by atoms with Crippen LogP contribution in [-0.4, -0.2) is 42.1 Å². The summed E-state index contributed by atoms with van der Waals surface area (Å²) in [5, 5.41) is 12.2. The predicted molar refractivity (Wildman–Crippen MR) is 156 cm³/mol. The smallest absolute Gasteiger partial charge is 0.301 e. The van der Waals surface area contributed by atoms with Crippen LogP contribution in [0.3, 0.4) is 0 Å². The van der Waals surface area contributed by atoms with Gasteiger partial charge in [-0.3, -0.25) is 14.5 Å². The van der Waals surface area contributed by atoms with Gasteiger partial charge in [0.15, 0.2) is 16.6 Å². The first-order valence-corrected chi connectivity index (χ1v) is 13.6. The van der Waals surface area contributed by atoms with Crippen LogP contribution in [0, 0.1) is 0 Å². The molecular weight excluding hydrogens is 552 g/mol. The Morgan fingerprint density at radius 2 is 1.88 bits per heavy atom. The molecule has 1 fully saturated rings. The van der Waals surface area contributed by atoms with Gasteiger partial charge in [-0.15, -0.1) is 0 Å². The Balaban J connectivity index is 1.71. The van der Waals surface area contributed by atoms with Crippen LogP contribution < -0.4 is 19.1 Å². The van der Waals surface area contributed by atoms with Gasteiger partial charge in [0.1, 0.15) is 18.1 Å². The first-order valence-electron chi connectivity index (χ1n) is 12.4. The number of nitrogens with zero attached hydrogens (tertiary/aromatic N) is 2. The van der Waals surface area contributed by atoms with Crippen LogP contribution in [-0.2, 0) is 9.59 Å². The maximum Gasteiger partial charge on any atom is 0.301 e. The summed E-state index contributed by atoms with van der Waals surface area (Å²) in [5.41, 5.74) is 1.44. The fourth-order valence-corrected chi connectivity index (χ4v) is 5.74. The molecule has 1 aliphatic heterocycles. The number of hydrogen-bond acceptors (Lipinski definition) is 8. The van der Waals surface area contributed by atoms with Crippen molar-refractivity contribution in [2.45, 2.75) is 13.0 Å². The zero-order valence-corrected chi connectivity index (χ0v) is 23.3. The number of halogens is 1. The number of aliphatic hydroxyl groups is 1. The SMILES string of the molecule is C=CCOc1ccc(C2C(=C(O)c3ccc(OC)cc3)C(=O)C(=O)N2c2nc3ccc(Cl)cc3s2)cc1OCC. The molecule has 4 aromatic rings. The number of ether oxygens (including phenoxy) is 3. The van der Waals surface area contributed by atoms with Gasteiger partial charge in [-0.1, -0.05) is 41.7 Å². The second-order valence-electron chi connectivity index (χ2n) is 8.74. The Hall–Kier alpha value is -4.34. The summed E-state index contributed by atoms with van der Waals surface area (Å²) in [5.74, 6) is -0.475. The van der Waals surface area contributed by atoms with E-state index in [2.05, 4.69) is 11.6 Å². The van der Waals surface area contributed by atoms with E-state index in [1.54, 1.807) is 66.7 Å². The third-order valence-corrected chi connectivity index (χ3v) is 7.55. The van der Waals surface area contributed by atoms with Crippen LogP contribution >= 0.6 is 22.9 Å². The van der Waals surface area contributed by atoms with Crippen molar-refractivity contribution in [3.63, 3.8) is 0 Å². The van der Waals surface area contributed by atoms with Gasteiger partial charge in [-0.2, -0.15) is 0 Å². The molecule has 0 spiro atoms. The second kappa shape index (κ2) is 11.4. The standard InChI is InChI=1S/C30H25ClN2O6S/c1-4-14-39-22-13-8-18(15-23(22)38-5-2)26-25(27(34)17-6-10-20(37-3)11-7-17)28(35)29(36)33(26)30-32-21-12-9-19(31)16-24(21)40-30/h4,6-13,15-16,26,34H,1,5,14H2,2-3H3. The van der Waals surface area contributed by atoms with Gasteiger partial charge < -0.3 is 19.3 Å². The number of aromatic nitrogens is 1. The van der Waals surface area contributed by atoms with E-state index in [0.29, 0.717) is 50.7 Å². The number of rotatable bonds is 9. The molecule has 1 aromatic heterocycles. The molecule has 10 heteroatoms. The van der Waals surface area contributed by atoms with Crippen LogP contribution in [0.5, 0.6) is 17.2 Å². The van der Waals surface area contributed by atoms with Gasteiger partial charge in [0.05, 0.1) is 35.5 Å². The van der Waals surface area contributed by atoms with Crippen molar-refractivity contribution >= 4 is 55.7 Å². The molecule has 0 aliphatic carbocycles. The third kappa shape index (κ3) is 5.01. The molecule has 0 saturated carbocycles. The molecule has 1 aliphatic rings. The number of carbonyl (C=O) groups is 2. The molecule has 40 heavy (non-hydrogen) atoms. The number of aliphatic hydroxyl groups excluding tert-OH is 1. The highest BCUT2D eigenvalue weighted by molar-refractivity contribution is 7.22. The number of methoxy groups -OCH3 is 1. The van der Waals surface area contributed by atoms with Crippen molar-refractivity contribution in [2.75, 3.05) is 25.2 Å². The van der Waals surface area contributed by atoms with Crippen LogP contribution in [0.15, 0.2) is 78.9 Å². The number of amides is 1. The summed E-state index contributed by atoms with van der Waals surface area (Å²) < 4.78 is 17.5. The summed E-state index contributed by atoms with van der Waals surface area (Å²) >= 11 is 7.40. The zero-order chi connectivity index (χ0) is 28.4. The van der Waals surface area contributed by atoms with E-state index < -0.39 is 17.7 Å². The summed E-state index contributed by atoms with van der Waals surface area (Å²) in [6.07, 6.45) is 1.62. The highest BCUT2D eigenvalue weighted by atomic mass is 35.5. The topological polar surface area (TPSA) is 98.2 Å². The first kappa shape index (κ1) is 27.2. The number of thiazole rings is 1. The van der Waals surface area contributed by atoms with Crippen molar-refractivity contribution in [3.8, 4) is 17.2 Å². The Morgan fingerprint density at radius 3 is 2.58 bits per heavy atom. The first-order chi connectivity index (χ1) is 19.4. The molecule has 5 rings (SSSR count). The van der Waals surface area contributed by atoms with E-state index >= 15 is 0 Å². The van der Waals surface area contributed by atoms with Gasteiger partial charge in [-0.25, -0.2) is 4.98 Å². The van der Waals surface area contributed by atoms with E-state index in [-0.39, 0.29) is 17.9 Å². The molecule has 0 radical (unpaired) electrons. The predicted octanol–water partition coefficient (Wildman–Crippen LogP) is 6.55. The highest BCUT2D eigenvalue weighted by Gasteiger charge is 2.48. The second-order valence-corrected chi connectivity index (χ2v) is 10.2. The molecule has 204 valence electrons. The summed E-state index contributed by atoms with van der Waals surface area (Å²) in [4.78, 5) is 33.1. The van der Waals surface area contributed by atoms with Crippen molar-refractivity contribution in [1.29, 1.82) is 0 Å². The van der Waals surface area contributed by atoms with Crippen molar-refractivity contribution < 1.29 is 28.9 Å². The normalized spacial score (nSPS) is 16.4. The Bertz CT molecular complexity index is 1650. The minimum absolute atomic E-state index is 0.0744. The van der Waals surface area contributed by atoms with E-state index in [4.69, 9.17) is 25.8 Å². The Labute approximate surface area is 239 Å². The maximum absolute atomic E-state index is 13.6.